The third kappa shape index (κ3) is 9.16. The summed E-state index contributed by atoms with van der Waals surface area (Å²) in [4.78, 5) is 34.4. The molecule has 2 heterocycles. The maximum Gasteiger partial charge on any atom is 0.357 e. The molecule has 2 fully saturated rings. The van der Waals surface area contributed by atoms with Gasteiger partial charge in [-0.1, -0.05) is 23.9 Å². The summed E-state index contributed by atoms with van der Waals surface area (Å²) in [6.07, 6.45) is 4.07. The zero-order valence-electron chi connectivity index (χ0n) is 27.1. The number of carbonyl (C=O) groups excluding carboxylic acids is 2. The smallest absolute Gasteiger partial charge is 0.357 e. The van der Waals surface area contributed by atoms with Crippen LogP contribution in [0.25, 0.3) is 17.2 Å². The first-order valence-corrected chi connectivity index (χ1v) is 15.9. The second-order valence-electron chi connectivity index (χ2n) is 11.5. The summed E-state index contributed by atoms with van der Waals surface area (Å²) in [5, 5.41) is 18.1. The number of benzene rings is 2. The lowest BCUT2D eigenvalue weighted by atomic mass is 9.94. The van der Waals surface area contributed by atoms with E-state index in [1.165, 1.54) is 20.0 Å². The summed E-state index contributed by atoms with van der Waals surface area (Å²) in [5.74, 6) is 0.0538. The molecular weight excluding hydrogens is 616 g/mol. The van der Waals surface area contributed by atoms with Gasteiger partial charge in [-0.05, 0) is 61.2 Å². The number of morpholine rings is 1. The van der Waals surface area contributed by atoms with Crippen LogP contribution in [0.3, 0.4) is 0 Å². The average molecular weight is 659 g/mol. The average Bonchev–Trinajstić information content (AvgIpc) is 3.95. The molecule has 1 aliphatic heterocycles. The SMILES string of the molecule is C=Cc1cc(C(=O)Nc2ccc(/C(N)=N/O)cc2)c(-c2ccc(COCNCC3CC3)nc2C(=O)OCCN2CCOCC2)cc1OC. The molecule has 0 spiro atoms. The van der Waals surface area contributed by atoms with Crippen LogP contribution in [-0.2, 0) is 20.8 Å². The first kappa shape index (κ1) is 34.5. The summed E-state index contributed by atoms with van der Waals surface area (Å²) >= 11 is 0. The molecule has 13 nitrogen and oxygen atoms in total. The van der Waals surface area contributed by atoms with Gasteiger partial charge < -0.3 is 35.2 Å². The van der Waals surface area contributed by atoms with Crippen LogP contribution in [0.1, 0.15) is 50.5 Å². The van der Waals surface area contributed by atoms with Gasteiger partial charge in [0.1, 0.15) is 12.4 Å². The fourth-order valence-electron chi connectivity index (χ4n) is 5.25. The highest BCUT2D eigenvalue weighted by molar-refractivity contribution is 6.11. The fourth-order valence-corrected chi connectivity index (χ4v) is 5.25. The summed E-state index contributed by atoms with van der Waals surface area (Å²) in [5.41, 5.74) is 8.87. The van der Waals surface area contributed by atoms with Crippen LogP contribution in [0.5, 0.6) is 5.75 Å². The number of amidine groups is 1. The summed E-state index contributed by atoms with van der Waals surface area (Å²) in [6.45, 7) is 8.86. The molecular formula is C35H42N6O7. The molecule has 1 aromatic heterocycles. The molecule has 3 aromatic rings. The van der Waals surface area contributed by atoms with E-state index in [0.717, 1.165) is 25.6 Å². The molecule has 1 aliphatic carbocycles. The number of hydrogen-bond donors (Lipinski definition) is 4. The number of oxime groups is 1. The van der Waals surface area contributed by atoms with Gasteiger partial charge >= 0.3 is 5.97 Å². The van der Waals surface area contributed by atoms with Crippen molar-refractivity contribution in [3.63, 3.8) is 0 Å². The van der Waals surface area contributed by atoms with Crippen molar-refractivity contribution < 1.29 is 33.7 Å². The number of anilines is 1. The highest BCUT2D eigenvalue weighted by Gasteiger charge is 2.25. The quantitative estimate of drug-likeness (QED) is 0.0337. The Balaban J connectivity index is 1.44. The molecule has 1 saturated carbocycles. The zero-order chi connectivity index (χ0) is 33.9. The van der Waals surface area contributed by atoms with Gasteiger partial charge in [-0.3, -0.25) is 15.0 Å². The number of amides is 1. The highest BCUT2D eigenvalue weighted by Crippen LogP contribution is 2.35. The maximum atomic E-state index is 13.8. The molecule has 2 aliphatic rings. The number of esters is 1. The van der Waals surface area contributed by atoms with Crippen LogP contribution in [0.15, 0.2) is 60.3 Å². The van der Waals surface area contributed by atoms with Gasteiger partial charge in [-0.2, -0.15) is 0 Å². The summed E-state index contributed by atoms with van der Waals surface area (Å²) in [7, 11) is 1.52. The predicted molar refractivity (Wildman–Crippen MR) is 181 cm³/mol. The van der Waals surface area contributed by atoms with E-state index in [1.807, 2.05) is 0 Å². The lowest BCUT2D eigenvalue weighted by Crippen LogP contribution is -2.38. The van der Waals surface area contributed by atoms with E-state index < -0.39 is 11.9 Å². The van der Waals surface area contributed by atoms with Crippen molar-refractivity contribution in [2.45, 2.75) is 19.4 Å². The number of carbonyl (C=O) groups is 2. The lowest BCUT2D eigenvalue weighted by Gasteiger charge is -2.26. The molecule has 2 aromatic carbocycles. The molecule has 13 heteroatoms. The van der Waals surface area contributed by atoms with Crippen LogP contribution in [0.4, 0.5) is 5.69 Å². The second-order valence-corrected chi connectivity index (χ2v) is 11.5. The van der Waals surface area contributed by atoms with Crippen molar-refractivity contribution in [2.24, 2.45) is 16.8 Å². The van der Waals surface area contributed by atoms with Crippen molar-refractivity contribution >= 4 is 29.5 Å². The Labute approximate surface area is 279 Å². The predicted octanol–water partition coefficient (Wildman–Crippen LogP) is 3.71. The molecule has 48 heavy (non-hydrogen) atoms. The Morgan fingerprint density at radius 3 is 2.60 bits per heavy atom. The van der Waals surface area contributed by atoms with Crippen LogP contribution in [-0.4, -0.2) is 92.6 Å². The molecule has 0 unspecified atom stereocenters. The highest BCUT2D eigenvalue weighted by atomic mass is 16.5. The Morgan fingerprint density at radius 1 is 1.15 bits per heavy atom. The molecule has 0 atom stereocenters. The van der Waals surface area contributed by atoms with E-state index in [0.29, 0.717) is 65.9 Å². The zero-order valence-corrected chi connectivity index (χ0v) is 27.1. The Hall–Kier alpha value is -4.82. The summed E-state index contributed by atoms with van der Waals surface area (Å²) in [6, 6.07) is 13.4. The van der Waals surface area contributed by atoms with Crippen molar-refractivity contribution in [1.82, 2.24) is 15.2 Å². The van der Waals surface area contributed by atoms with Crippen LogP contribution in [0.2, 0.25) is 0 Å². The third-order valence-corrected chi connectivity index (χ3v) is 8.15. The first-order valence-electron chi connectivity index (χ1n) is 15.9. The second kappa shape index (κ2) is 16.8. The van der Waals surface area contributed by atoms with Crippen LogP contribution >= 0.6 is 0 Å². The number of pyridine rings is 1. The number of methoxy groups -OCH3 is 1. The van der Waals surface area contributed by atoms with Gasteiger partial charge in [0.05, 0.1) is 39.4 Å². The Morgan fingerprint density at radius 2 is 1.92 bits per heavy atom. The number of nitrogens with zero attached hydrogens (tertiary/aromatic N) is 3. The maximum absolute atomic E-state index is 13.8. The minimum Gasteiger partial charge on any atom is -0.496 e. The lowest BCUT2D eigenvalue weighted by molar-refractivity contribution is 0.0193. The minimum absolute atomic E-state index is 0.0505. The minimum atomic E-state index is -0.621. The topological polar surface area (TPSA) is 170 Å². The first-order chi connectivity index (χ1) is 23.4. The third-order valence-electron chi connectivity index (χ3n) is 8.15. The molecule has 5 rings (SSSR count). The number of hydrogen-bond acceptors (Lipinski definition) is 11. The molecule has 1 saturated heterocycles. The number of aromatic nitrogens is 1. The fraction of sp³-hybridized carbons (Fsp3) is 0.371. The van der Waals surface area contributed by atoms with Gasteiger partial charge in [0.15, 0.2) is 11.5 Å². The van der Waals surface area contributed by atoms with Crippen molar-refractivity contribution in [3.8, 4) is 16.9 Å². The van der Waals surface area contributed by atoms with Crippen molar-refractivity contribution in [3.05, 3.63) is 83.2 Å². The van der Waals surface area contributed by atoms with Gasteiger partial charge in [-0.15, -0.1) is 0 Å². The molecule has 1 amide bonds. The van der Waals surface area contributed by atoms with Gasteiger partial charge in [-0.25, -0.2) is 9.78 Å². The van der Waals surface area contributed by atoms with E-state index in [4.69, 9.17) is 29.9 Å². The van der Waals surface area contributed by atoms with Crippen LogP contribution in [0, 0.1) is 5.92 Å². The van der Waals surface area contributed by atoms with Gasteiger partial charge in [0.2, 0.25) is 0 Å². The van der Waals surface area contributed by atoms with Crippen molar-refractivity contribution in [2.75, 3.05) is 65.2 Å². The van der Waals surface area contributed by atoms with E-state index in [2.05, 4.69) is 32.3 Å². The van der Waals surface area contributed by atoms with Gasteiger partial charge in [0.25, 0.3) is 5.91 Å². The normalized spacial score (nSPS) is 15.1. The summed E-state index contributed by atoms with van der Waals surface area (Å²) < 4.78 is 22.6. The van der Waals surface area contributed by atoms with Crippen molar-refractivity contribution in [1.29, 1.82) is 0 Å². The molecule has 0 bridgehead atoms. The monoisotopic (exact) mass is 658 g/mol. The Kier molecular flexibility index (Phi) is 12.1. The molecule has 0 radical (unpaired) electrons. The number of nitrogens with two attached hydrogens (primary N) is 1. The molecule has 5 N–H and O–H groups in total. The van der Waals surface area contributed by atoms with E-state index >= 15 is 0 Å². The number of ether oxygens (including phenoxy) is 4. The standard InChI is InChI=1S/C35H42N6O7/c1-3-24-18-30(34(42)39-26-8-6-25(7-9-26)33(36)40-44)29(19-31(24)45-2)28-11-10-27(21-47-22-37-20-23-4-5-23)38-32(28)35(43)48-17-14-41-12-15-46-16-13-41/h3,6-11,18-19,23,37,44H,1,4-5,12-17,20-22H2,2H3,(H2,36,40)(H,39,42). The number of nitrogens with one attached hydrogen (secondary N) is 2. The van der Waals surface area contributed by atoms with E-state index in [1.54, 1.807) is 54.6 Å². The molecule has 254 valence electrons. The van der Waals surface area contributed by atoms with Crippen LogP contribution < -0.4 is 21.1 Å². The Bertz CT molecular complexity index is 1620. The van der Waals surface area contributed by atoms with E-state index in [-0.39, 0.29) is 30.3 Å². The number of rotatable bonds is 16. The largest absolute Gasteiger partial charge is 0.496 e. The van der Waals surface area contributed by atoms with E-state index in [9.17, 15) is 9.59 Å². The van der Waals surface area contributed by atoms with Gasteiger partial charge in [0, 0.05) is 59.7 Å².